The Bertz CT molecular complexity index is 576. The van der Waals surface area contributed by atoms with E-state index >= 15 is 0 Å². The predicted octanol–water partition coefficient (Wildman–Crippen LogP) is 1.74. The minimum atomic E-state index is -1.40. The first kappa shape index (κ1) is 16.7. The van der Waals surface area contributed by atoms with E-state index in [1.54, 1.807) is 13.8 Å². The number of carbonyl (C=O) groups is 2. The number of amides is 1. The van der Waals surface area contributed by atoms with Crippen molar-refractivity contribution in [3.8, 4) is 0 Å². The fourth-order valence-electron chi connectivity index (χ4n) is 2.08. The summed E-state index contributed by atoms with van der Waals surface area (Å²) in [5.41, 5.74) is -1.48. The summed E-state index contributed by atoms with van der Waals surface area (Å²) in [6.45, 7) is 6.81. The van der Waals surface area contributed by atoms with Crippen molar-refractivity contribution < 1.29 is 19.6 Å². The second kappa shape index (κ2) is 5.94. The molecule has 0 bridgehead atoms. The Labute approximate surface area is 122 Å². The molecule has 0 aliphatic heterocycles. The van der Waals surface area contributed by atoms with Crippen molar-refractivity contribution in [1.82, 2.24) is 9.47 Å². The molecule has 0 fully saturated rings. The van der Waals surface area contributed by atoms with Gasteiger partial charge in [-0.1, -0.05) is 0 Å². The molecule has 1 heterocycles. The van der Waals surface area contributed by atoms with Crippen LogP contribution in [0.3, 0.4) is 0 Å². The highest BCUT2D eigenvalue weighted by Crippen LogP contribution is 2.22. The third-order valence-corrected chi connectivity index (χ3v) is 3.41. The molecule has 0 spiro atoms. The van der Waals surface area contributed by atoms with Gasteiger partial charge in [-0.15, -0.1) is 0 Å². The monoisotopic (exact) mass is 297 g/mol. The van der Waals surface area contributed by atoms with Crippen molar-refractivity contribution in [2.24, 2.45) is 0 Å². The molecular formula is C13H19N3O5. The van der Waals surface area contributed by atoms with Gasteiger partial charge in [0, 0.05) is 19.2 Å². The van der Waals surface area contributed by atoms with E-state index in [4.69, 9.17) is 0 Å². The number of hydrogen-bond acceptors (Lipinski definition) is 4. The average Bonchev–Trinajstić information content (AvgIpc) is 2.83. The number of rotatable bonds is 6. The van der Waals surface area contributed by atoms with Crippen molar-refractivity contribution in [2.75, 3.05) is 6.54 Å². The number of hydrogen-bond donors (Lipinski definition) is 1. The summed E-state index contributed by atoms with van der Waals surface area (Å²) in [7, 11) is 0. The van der Waals surface area contributed by atoms with Crippen LogP contribution in [0.1, 0.15) is 38.2 Å². The molecule has 1 aromatic rings. The van der Waals surface area contributed by atoms with Crippen LogP contribution in [0.4, 0.5) is 5.69 Å². The van der Waals surface area contributed by atoms with Gasteiger partial charge in [-0.05, 0) is 27.7 Å². The fraction of sp³-hybridized carbons (Fsp3) is 0.538. The Morgan fingerprint density at radius 3 is 2.38 bits per heavy atom. The molecule has 0 aromatic carbocycles. The first-order valence-electron chi connectivity index (χ1n) is 6.56. The Hall–Kier alpha value is -2.38. The van der Waals surface area contributed by atoms with Gasteiger partial charge < -0.3 is 14.6 Å². The van der Waals surface area contributed by atoms with E-state index in [1.807, 2.05) is 0 Å². The summed E-state index contributed by atoms with van der Waals surface area (Å²) >= 11 is 0. The lowest BCUT2D eigenvalue weighted by atomic mass is 10.0. The van der Waals surface area contributed by atoms with E-state index < -0.39 is 22.3 Å². The zero-order chi connectivity index (χ0) is 16.4. The molecule has 0 aliphatic carbocycles. The quantitative estimate of drug-likeness (QED) is 0.636. The van der Waals surface area contributed by atoms with Gasteiger partial charge in [0.15, 0.2) is 0 Å². The van der Waals surface area contributed by atoms with Crippen molar-refractivity contribution in [1.29, 1.82) is 0 Å². The molecule has 1 N–H and O–H groups in total. The summed E-state index contributed by atoms with van der Waals surface area (Å²) in [6.07, 6.45) is 1.27. The molecule has 0 unspecified atom stereocenters. The molecule has 0 saturated heterocycles. The first-order valence-corrected chi connectivity index (χ1v) is 6.56. The van der Waals surface area contributed by atoms with Crippen molar-refractivity contribution in [3.63, 3.8) is 0 Å². The lowest BCUT2D eigenvalue weighted by Crippen LogP contribution is -2.53. The third-order valence-electron chi connectivity index (χ3n) is 3.41. The molecule has 8 nitrogen and oxygen atoms in total. The van der Waals surface area contributed by atoms with Crippen LogP contribution in [0.2, 0.25) is 0 Å². The zero-order valence-corrected chi connectivity index (χ0v) is 12.5. The number of aliphatic carboxylic acids is 1. The Balaban J connectivity index is 3.29. The molecule has 21 heavy (non-hydrogen) atoms. The van der Waals surface area contributed by atoms with Gasteiger partial charge in [-0.3, -0.25) is 14.9 Å². The van der Waals surface area contributed by atoms with E-state index in [2.05, 4.69) is 0 Å². The van der Waals surface area contributed by atoms with Crippen molar-refractivity contribution in [2.45, 2.75) is 39.8 Å². The van der Waals surface area contributed by atoms with E-state index in [0.717, 1.165) is 0 Å². The third kappa shape index (κ3) is 3.04. The number of aromatic nitrogens is 1. The van der Waals surface area contributed by atoms with Crippen LogP contribution < -0.4 is 0 Å². The van der Waals surface area contributed by atoms with E-state index in [-0.39, 0.29) is 17.9 Å². The topological polar surface area (TPSA) is 106 Å². The normalized spacial score (nSPS) is 11.2. The van der Waals surface area contributed by atoms with Gasteiger partial charge in [-0.25, -0.2) is 4.79 Å². The van der Waals surface area contributed by atoms with Crippen LogP contribution >= 0.6 is 0 Å². The van der Waals surface area contributed by atoms with Gasteiger partial charge in [0.2, 0.25) is 0 Å². The molecule has 116 valence electrons. The molecule has 0 atom stereocenters. The van der Waals surface area contributed by atoms with Crippen LogP contribution in [0, 0.1) is 10.1 Å². The number of carbonyl (C=O) groups excluding carboxylic acids is 1. The molecule has 1 amide bonds. The average molecular weight is 297 g/mol. The van der Waals surface area contributed by atoms with Crippen molar-refractivity contribution in [3.05, 3.63) is 28.1 Å². The minimum absolute atomic E-state index is 0.111. The SMILES string of the molecule is CCN(C(=O)c1cc([N+](=O)[O-])cn1CC)C(C)(C)C(=O)O. The number of nitrogens with zero attached hydrogens (tertiary/aromatic N) is 3. The second-order valence-corrected chi connectivity index (χ2v) is 5.04. The van der Waals surface area contributed by atoms with Gasteiger partial charge in [0.1, 0.15) is 11.2 Å². The highest BCUT2D eigenvalue weighted by atomic mass is 16.6. The standard InChI is InChI=1S/C13H19N3O5/c1-5-14-8-9(16(20)21)7-10(14)11(17)15(6-2)13(3,4)12(18)19/h7-8H,5-6H2,1-4H3,(H,18,19). The summed E-state index contributed by atoms with van der Waals surface area (Å²) in [5, 5.41) is 20.1. The maximum absolute atomic E-state index is 12.6. The molecular weight excluding hydrogens is 278 g/mol. The van der Waals surface area contributed by atoms with E-state index in [1.165, 1.54) is 35.6 Å². The Morgan fingerprint density at radius 1 is 1.43 bits per heavy atom. The molecule has 1 aromatic heterocycles. The van der Waals surface area contributed by atoms with Crippen LogP contribution in [0.5, 0.6) is 0 Å². The zero-order valence-electron chi connectivity index (χ0n) is 12.5. The van der Waals surface area contributed by atoms with E-state index in [0.29, 0.717) is 6.54 Å². The fourth-order valence-corrected chi connectivity index (χ4v) is 2.08. The summed E-state index contributed by atoms with van der Waals surface area (Å²) in [6, 6.07) is 1.17. The van der Waals surface area contributed by atoms with Crippen molar-refractivity contribution >= 4 is 17.6 Å². The highest BCUT2D eigenvalue weighted by Gasteiger charge is 2.38. The summed E-state index contributed by atoms with van der Waals surface area (Å²) in [4.78, 5) is 35.3. The molecule has 0 saturated carbocycles. The van der Waals surface area contributed by atoms with Gasteiger partial charge >= 0.3 is 5.97 Å². The molecule has 1 rings (SSSR count). The number of likely N-dealkylation sites (N-methyl/N-ethyl adjacent to an activating group) is 1. The van der Waals surface area contributed by atoms with Gasteiger partial charge in [-0.2, -0.15) is 0 Å². The Kier molecular flexibility index (Phi) is 4.72. The van der Waals surface area contributed by atoms with Gasteiger partial charge in [0.25, 0.3) is 11.6 Å². The number of nitro groups is 1. The highest BCUT2D eigenvalue weighted by molar-refractivity contribution is 5.97. The molecule has 0 aliphatic rings. The number of carboxylic acid groups (broad SMARTS) is 1. The molecule has 0 radical (unpaired) electrons. The second-order valence-electron chi connectivity index (χ2n) is 5.04. The predicted molar refractivity (Wildman–Crippen MR) is 75.2 cm³/mol. The number of aryl methyl sites for hydroxylation is 1. The largest absolute Gasteiger partial charge is 0.480 e. The van der Waals surface area contributed by atoms with Crippen LogP contribution in [0.25, 0.3) is 0 Å². The summed E-state index contributed by atoms with van der Waals surface area (Å²) < 4.78 is 1.45. The molecule has 8 heteroatoms. The lowest BCUT2D eigenvalue weighted by molar-refractivity contribution is -0.384. The maximum atomic E-state index is 12.6. The Morgan fingerprint density at radius 2 is 2.00 bits per heavy atom. The summed E-state index contributed by atoms with van der Waals surface area (Å²) in [5.74, 6) is -1.68. The van der Waals surface area contributed by atoms with Gasteiger partial charge in [0.05, 0.1) is 11.1 Å². The van der Waals surface area contributed by atoms with Crippen LogP contribution in [0.15, 0.2) is 12.3 Å². The smallest absolute Gasteiger partial charge is 0.329 e. The number of carboxylic acids is 1. The lowest BCUT2D eigenvalue weighted by Gasteiger charge is -2.34. The van der Waals surface area contributed by atoms with Crippen LogP contribution in [-0.4, -0.2) is 43.5 Å². The van der Waals surface area contributed by atoms with E-state index in [9.17, 15) is 24.8 Å². The first-order chi connectivity index (χ1) is 9.66. The minimum Gasteiger partial charge on any atom is -0.480 e. The van der Waals surface area contributed by atoms with Crippen LogP contribution in [-0.2, 0) is 11.3 Å². The maximum Gasteiger partial charge on any atom is 0.329 e.